The molecule has 94 heavy (non-hydrogen) atoms. The van der Waals surface area contributed by atoms with Crippen molar-refractivity contribution in [2.24, 2.45) is 23.7 Å². The fourth-order valence-electron chi connectivity index (χ4n) is 13.1. The number of anilines is 6. The molecule has 0 unspecified atom stereocenters. The lowest BCUT2D eigenvalue weighted by Gasteiger charge is -2.26. The van der Waals surface area contributed by atoms with E-state index in [1.54, 1.807) is 73.6 Å². The summed E-state index contributed by atoms with van der Waals surface area (Å²) in [7, 11) is 0. The highest BCUT2D eigenvalue weighted by atomic mass is 16.4. The molecule has 6 aliphatic rings. The summed E-state index contributed by atoms with van der Waals surface area (Å²) in [6, 6.07) is 11.7. The molecule has 6 saturated heterocycles. The van der Waals surface area contributed by atoms with E-state index in [9.17, 15) is 28.8 Å². The third-order valence-electron chi connectivity index (χ3n) is 18.4. The van der Waals surface area contributed by atoms with E-state index >= 15 is 0 Å². The fraction of sp³-hybridized carbons (Fsp3) is 0.486. The summed E-state index contributed by atoms with van der Waals surface area (Å²) in [5, 5.41) is 54.5. The predicted octanol–water partition coefficient (Wildman–Crippen LogP) is 11.6. The number of nitrogens with zero attached hydrogens (tertiary/aromatic N) is 12. The Hall–Kier alpha value is -9.48. The molecule has 12 heterocycles. The zero-order valence-corrected chi connectivity index (χ0v) is 54.9. The van der Waals surface area contributed by atoms with Crippen LogP contribution in [0.15, 0.2) is 111 Å². The predicted molar refractivity (Wildman–Crippen MR) is 362 cm³/mol. The van der Waals surface area contributed by atoms with Gasteiger partial charge in [0.2, 0.25) is 0 Å². The summed E-state index contributed by atoms with van der Waals surface area (Å²) in [6.45, 7) is 22.5. The van der Waals surface area contributed by atoms with Crippen molar-refractivity contribution < 1.29 is 59.4 Å². The first-order chi connectivity index (χ1) is 45.3. The molecule has 24 heteroatoms. The third-order valence-corrected chi connectivity index (χ3v) is 18.4. The molecular formula is C70H92N12O12. The van der Waals surface area contributed by atoms with Gasteiger partial charge >= 0.3 is 35.8 Å². The van der Waals surface area contributed by atoms with Gasteiger partial charge < -0.3 is 60.0 Å². The minimum Gasteiger partial charge on any atom is -0.478 e. The Balaban J connectivity index is 0.000000160. The van der Waals surface area contributed by atoms with Crippen LogP contribution in [0.3, 0.4) is 0 Å². The second-order valence-corrected chi connectivity index (χ2v) is 24.7. The van der Waals surface area contributed by atoms with Crippen molar-refractivity contribution in [2.45, 2.75) is 131 Å². The number of aromatic carboxylic acids is 6. The minimum absolute atomic E-state index is 0.298. The molecule has 6 aliphatic heterocycles. The van der Waals surface area contributed by atoms with Crippen molar-refractivity contribution in [3.8, 4) is 0 Å². The van der Waals surface area contributed by atoms with Gasteiger partial charge in [-0.05, 0) is 124 Å². The number of hydrogen-bond donors (Lipinski definition) is 6. The maximum Gasteiger partial charge on any atom is 0.339 e. The summed E-state index contributed by atoms with van der Waals surface area (Å²) in [5.74, 6) is -2.75. The molecule has 12 rings (SSSR count). The first kappa shape index (κ1) is 72.0. The highest BCUT2D eigenvalue weighted by molar-refractivity contribution is 5.97. The van der Waals surface area contributed by atoms with Crippen molar-refractivity contribution in [1.82, 2.24) is 29.9 Å². The summed E-state index contributed by atoms with van der Waals surface area (Å²) in [4.78, 5) is 102. The van der Waals surface area contributed by atoms with Crippen LogP contribution in [0.4, 0.5) is 34.1 Å². The van der Waals surface area contributed by atoms with E-state index in [2.05, 4.69) is 101 Å². The van der Waals surface area contributed by atoms with Crippen LogP contribution in [0.25, 0.3) is 0 Å². The van der Waals surface area contributed by atoms with Crippen molar-refractivity contribution in [3.63, 3.8) is 0 Å². The van der Waals surface area contributed by atoms with Gasteiger partial charge in [0.15, 0.2) is 0 Å². The van der Waals surface area contributed by atoms with Crippen LogP contribution >= 0.6 is 0 Å². The number of pyridine rings is 6. The number of carboxylic acid groups (broad SMARTS) is 6. The molecule has 6 aromatic heterocycles. The number of hydrogen-bond acceptors (Lipinski definition) is 18. The molecule has 0 spiro atoms. The van der Waals surface area contributed by atoms with Crippen molar-refractivity contribution in [1.29, 1.82) is 0 Å². The molecule has 24 nitrogen and oxygen atoms in total. The van der Waals surface area contributed by atoms with Crippen LogP contribution in [0.5, 0.6) is 0 Å². The van der Waals surface area contributed by atoms with Crippen LogP contribution in [0.2, 0.25) is 0 Å². The average Bonchev–Trinajstić information content (AvgIpc) is 1.74. The molecule has 504 valence electrons. The van der Waals surface area contributed by atoms with Crippen molar-refractivity contribution in [3.05, 3.63) is 144 Å². The van der Waals surface area contributed by atoms with Crippen LogP contribution in [0, 0.1) is 23.7 Å². The van der Waals surface area contributed by atoms with E-state index in [-0.39, 0.29) is 0 Å². The van der Waals surface area contributed by atoms with Crippen LogP contribution in [-0.4, -0.2) is 174 Å². The molecule has 6 aromatic rings. The Kier molecular flexibility index (Phi) is 27.2. The zero-order chi connectivity index (χ0) is 67.8. The maximum atomic E-state index is 11.1. The Morgan fingerprint density at radius 1 is 0.340 bits per heavy atom. The minimum atomic E-state index is -0.905. The first-order valence-electron chi connectivity index (χ1n) is 32.8. The van der Waals surface area contributed by atoms with Gasteiger partial charge in [-0.2, -0.15) is 0 Å². The third kappa shape index (κ3) is 19.3. The molecule has 0 bridgehead atoms. The molecule has 6 atom stereocenters. The highest BCUT2D eigenvalue weighted by Gasteiger charge is 2.31. The van der Waals surface area contributed by atoms with Crippen molar-refractivity contribution in [2.75, 3.05) is 94.8 Å². The summed E-state index contributed by atoms with van der Waals surface area (Å²) < 4.78 is 0. The molecule has 0 aliphatic carbocycles. The maximum absolute atomic E-state index is 11.1. The number of carboxylic acids is 6. The summed E-state index contributed by atoms with van der Waals surface area (Å²) in [6.07, 6.45) is 32.0. The first-order valence-corrected chi connectivity index (χ1v) is 32.8. The summed E-state index contributed by atoms with van der Waals surface area (Å²) in [5.41, 5.74) is 6.64. The number of carbonyl (C=O) groups is 6. The van der Waals surface area contributed by atoms with E-state index in [4.69, 9.17) is 30.6 Å². The summed E-state index contributed by atoms with van der Waals surface area (Å²) >= 11 is 0. The lowest BCUT2D eigenvalue weighted by atomic mass is 10.1. The van der Waals surface area contributed by atoms with E-state index in [1.807, 2.05) is 0 Å². The van der Waals surface area contributed by atoms with Gasteiger partial charge in [0.1, 0.15) is 33.4 Å². The Labute approximate surface area is 550 Å². The lowest BCUT2D eigenvalue weighted by Crippen LogP contribution is -2.30. The number of rotatable bonds is 16. The molecule has 6 fully saturated rings. The molecule has 0 amide bonds. The normalized spacial score (nSPS) is 20.2. The van der Waals surface area contributed by atoms with E-state index in [0.717, 1.165) is 177 Å². The van der Waals surface area contributed by atoms with Gasteiger partial charge in [-0.1, -0.05) is 54.4 Å². The van der Waals surface area contributed by atoms with E-state index < -0.39 is 35.8 Å². The van der Waals surface area contributed by atoms with Crippen molar-refractivity contribution >= 4 is 69.9 Å². The monoisotopic (exact) mass is 1290 g/mol. The second kappa shape index (κ2) is 35.5. The molecular weight excluding hydrogens is 1200 g/mol. The van der Waals surface area contributed by atoms with Gasteiger partial charge in [0.05, 0.1) is 34.1 Å². The van der Waals surface area contributed by atoms with Crippen LogP contribution in [0.1, 0.15) is 181 Å². The smallest absolute Gasteiger partial charge is 0.339 e. The van der Waals surface area contributed by atoms with Gasteiger partial charge in [-0.15, -0.1) is 0 Å². The fourth-order valence-corrected chi connectivity index (χ4v) is 13.1. The van der Waals surface area contributed by atoms with Gasteiger partial charge in [0, 0.05) is 152 Å². The molecule has 6 N–H and O–H groups in total. The molecule has 0 saturated carbocycles. The number of aromatic nitrogens is 6. The lowest BCUT2D eigenvalue weighted by molar-refractivity contribution is 0.0686. The Morgan fingerprint density at radius 3 is 0.809 bits per heavy atom. The Morgan fingerprint density at radius 2 is 0.585 bits per heavy atom. The van der Waals surface area contributed by atoms with Gasteiger partial charge in [0.25, 0.3) is 0 Å². The van der Waals surface area contributed by atoms with Gasteiger partial charge in [-0.25, -0.2) is 28.8 Å². The Bertz CT molecular complexity index is 3260. The van der Waals surface area contributed by atoms with Crippen LogP contribution in [-0.2, 0) is 0 Å². The SMILES string of the molecule is CC[C@@H]1CCCN1c1ccncc1C(=O)O.CC[C@@H]1CCN(c2ccncc2C(=O)O)C1.CC[C@H]1CCCN1c1ccncc1C(=O)O.CC[C@H]1CCN(c2ccncc2C(=O)O)C1.C[C@@H]1CCN(c2ccncc2C(=O)O)C1.C[C@H]1CCN(c2ccncc2C(=O)O)C1. The standard InChI is InChI=1S/4C12H16N2O2.2C11H14N2O2/c2*1-2-9-4-6-14(8-9)11-3-5-13-7-10(11)12(15)16;2*1-2-9-4-3-7-14(9)11-5-6-13-8-10(11)12(15)16;2*1-8-3-5-13(7-8)10-2-4-12-6-9(10)11(14)15/h2*3,5,7,9H,2,4,6,8H2,1H3,(H,15,16);2*5-6,8-9H,2-4,7H2,1H3,(H,15,16);2*2,4,6,8H,3,5,7H2,1H3,(H,14,15)/t4*9-;2*8-/m101010/s1. The zero-order valence-electron chi connectivity index (χ0n) is 54.9. The largest absolute Gasteiger partial charge is 0.478 e. The molecule has 0 radical (unpaired) electrons. The highest BCUT2D eigenvalue weighted by Crippen LogP contribution is 2.34. The topological polar surface area (TPSA) is 321 Å². The van der Waals surface area contributed by atoms with E-state index in [1.165, 1.54) is 37.2 Å². The quantitative estimate of drug-likeness (QED) is 0.0524. The second-order valence-electron chi connectivity index (χ2n) is 24.7. The molecule has 0 aromatic carbocycles. The van der Waals surface area contributed by atoms with Crippen LogP contribution < -0.4 is 29.4 Å². The average molecular weight is 1290 g/mol. The van der Waals surface area contributed by atoms with Gasteiger partial charge in [-0.3, -0.25) is 29.9 Å². The van der Waals surface area contributed by atoms with E-state index in [0.29, 0.717) is 69.1 Å².